The van der Waals surface area contributed by atoms with Gasteiger partial charge in [-0.25, -0.2) is 15.0 Å². The third kappa shape index (κ3) is 5.37. The minimum atomic E-state index is 0.617. The molecule has 0 saturated heterocycles. The van der Waals surface area contributed by atoms with Crippen molar-refractivity contribution < 1.29 is 4.42 Å². The molecule has 11 rings (SSSR count). The molecule has 5 heteroatoms. The third-order valence-corrected chi connectivity index (χ3v) is 10.7. The lowest BCUT2D eigenvalue weighted by Gasteiger charge is -2.13. The van der Waals surface area contributed by atoms with Gasteiger partial charge in [-0.3, -0.25) is 0 Å². The van der Waals surface area contributed by atoms with Crippen LogP contribution in [0.4, 0.5) is 0 Å². The number of hydrogen-bond donors (Lipinski definition) is 0. The molecule has 5 nitrogen and oxygen atoms in total. The molecule has 56 heavy (non-hydrogen) atoms. The topological polar surface area (TPSA) is 56.7 Å². The smallest absolute Gasteiger partial charge is 0.166 e. The Hall–Kier alpha value is -7.63. The average molecular weight is 717 g/mol. The lowest BCUT2D eigenvalue weighted by Crippen LogP contribution is -2.02. The normalized spacial score (nSPS) is 11.6. The maximum Gasteiger partial charge on any atom is 0.166 e. The number of benzene rings is 8. The summed E-state index contributed by atoms with van der Waals surface area (Å²) < 4.78 is 8.86. The molecule has 0 amide bonds. The largest absolute Gasteiger partial charge is 0.456 e. The highest BCUT2D eigenvalue weighted by Crippen LogP contribution is 2.40. The third-order valence-electron chi connectivity index (χ3n) is 10.7. The first kappa shape index (κ1) is 31.9. The highest BCUT2D eigenvalue weighted by molar-refractivity contribution is 6.14. The fraction of sp³-hybridized carbons (Fsp3) is 0. The van der Waals surface area contributed by atoms with E-state index in [4.69, 9.17) is 19.4 Å². The van der Waals surface area contributed by atoms with Gasteiger partial charge in [-0.05, 0) is 64.7 Å². The Bertz CT molecular complexity index is 3160. The van der Waals surface area contributed by atoms with E-state index < -0.39 is 0 Å². The molecule has 3 heterocycles. The van der Waals surface area contributed by atoms with Crippen molar-refractivity contribution in [3.05, 3.63) is 194 Å². The predicted octanol–water partition coefficient (Wildman–Crippen LogP) is 13.2. The minimum absolute atomic E-state index is 0.617. The van der Waals surface area contributed by atoms with Crippen LogP contribution in [-0.4, -0.2) is 19.5 Å². The molecular weight excluding hydrogens is 685 g/mol. The van der Waals surface area contributed by atoms with Crippen molar-refractivity contribution in [2.75, 3.05) is 0 Å². The Kier molecular flexibility index (Phi) is 7.42. The lowest BCUT2D eigenvalue weighted by atomic mass is 9.99. The number of furan rings is 1. The first-order valence-corrected chi connectivity index (χ1v) is 18.8. The molecular formula is C51H32N4O. The van der Waals surface area contributed by atoms with Crippen LogP contribution in [0, 0.1) is 0 Å². The van der Waals surface area contributed by atoms with Gasteiger partial charge in [0.1, 0.15) is 11.2 Å². The predicted molar refractivity (Wildman–Crippen MR) is 229 cm³/mol. The van der Waals surface area contributed by atoms with Crippen molar-refractivity contribution in [1.82, 2.24) is 19.5 Å². The number of fused-ring (bicyclic) bond motifs is 6. The zero-order valence-electron chi connectivity index (χ0n) is 30.2. The van der Waals surface area contributed by atoms with Crippen molar-refractivity contribution in [3.63, 3.8) is 0 Å². The molecule has 0 N–H and O–H groups in total. The SMILES string of the molecule is c1ccc(-c2ccc(-c3ccc4c(c3)oc3ccc(-n5c6ccccc6c6cccc(-c7nc(-c8ccccc8)nc(-c8ccccc8)n7)c65)cc34)cc2)cc1. The summed E-state index contributed by atoms with van der Waals surface area (Å²) >= 11 is 0. The molecule has 8 aromatic carbocycles. The van der Waals surface area contributed by atoms with Gasteiger partial charge in [0.2, 0.25) is 0 Å². The van der Waals surface area contributed by atoms with Crippen LogP contribution in [0.2, 0.25) is 0 Å². The molecule has 0 saturated carbocycles. The maximum atomic E-state index is 6.52. The molecule has 0 unspecified atom stereocenters. The van der Waals surface area contributed by atoms with Crippen LogP contribution in [0.15, 0.2) is 199 Å². The number of aromatic nitrogens is 4. The number of nitrogens with zero attached hydrogens (tertiary/aromatic N) is 4. The molecule has 0 fully saturated rings. The Morgan fingerprint density at radius 3 is 1.59 bits per heavy atom. The summed E-state index contributed by atoms with van der Waals surface area (Å²) in [6.07, 6.45) is 0. The Balaban J connectivity index is 1.07. The molecule has 0 aliphatic rings. The van der Waals surface area contributed by atoms with E-state index in [0.29, 0.717) is 17.5 Å². The number of para-hydroxylation sites is 2. The van der Waals surface area contributed by atoms with Gasteiger partial charge < -0.3 is 8.98 Å². The van der Waals surface area contributed by atoms with E-state index in [-0.39, 0.29) is 0 Å². The molecule has 0 bridgehead atoms. The van der Waals surface area contributed by atoms with Gasteiger partial charge >= 0.3 is 0 Å². The van der Waals surface area contributed by atoms with Crippen LogP contribution in [0.3, 0.4) is 0 Å². The summed E-state index contributed by atoms with van der Waals surface area (Å²) in [5.41, 5.74) is 12.3. The van der Waals surface area contributed by atoms with Crippen molar-refractivity contribution in [2.24, 2.45) is 0 Å². The molecule has 262 valence electrons. The van der Waals surface area contributed by atoms with Crippen LogP contribution in [-0.2, 0) is 0 Å². The van der Waals surface area contributed by atoms with Gasteiger partial charge in [0.15, 0.2) is 17.5 Å². The summed E-state index contributed by atoms with van der Waals surface area (Å²) in [5, 5.41) is 4.42. The fourth-order valence-corrected chi connectivity index (χ4v) is 7.97. The van der Waals surface area contributed by atoms with Gasteiger partial charge in [-0.1, -0.05) is 152 Å². The quantitative estimate of drug-likeness (QED) is 0.172. The van der Waals surface area contributed by atoms with E-state index in [2.05, 4.69) is 132 Å². The maximum absolute atomic E-state index is 6.52. The Morgan fingerprint density at radius 2 is 0.893 bits per heavy atom. The van der Waals surface area contributed by atoms with E-state index in [1.165, 1.54) is 11.1 Å². The Labute approximate surface area is 322 Å². The van der Waals surface area contributed by atoms with Crippen molar-refractivity contribution >= 4 is 43.7 Å². The first-order chi connectivity index (χ1) is 27.7. The fourth-order valence-electron chi connectivity index (χ4n) is 7.97. The summed E-state index contributed by atoms with van der Waals surface area (Å²) in [5.74, 6) is 1.88. The van der Waals surface area contributed by atoms with Crippen LogP contribution < -0.4 is 0 Å². The molecule has 0 radical (unpaired) electrons. The Morgan fingerprint density at radius 1 is 0.339 bits per heavy atom. The molecule has 0 aliphatic carbocycles. The molecule has 11 aromatic rings. The summed E-state index contributed by atoms with van der Waals surface area (Å²) in [6.45, 7) is 0. The average Bonchev–Trinajstić information content (AvgIpc) is 3.82. The summed E-state index contributed by atoms with van der Waals surface area (Å²) in [4.78, 5) is 15.2. The van der Waals surface area contributed by atoms with Gasteiger partial charge in [0, 0.05) is 43.9 Å². The zero-order valence-corrected chi connectivity index (χ0v) is 30.2. The van der Waals surface area contributed by atoms with Crippen molar-refractivity contribution in [3.8, 4) is 62.1 Å². The second kappa shape index (κ2) is 13.0. The lowest BCUT2D eigenvalue weighted by molar-refractivity contribution is 0.669. The van der Waals surface area contributed by atoms with Crippen LogP contribution >= 0.6 is 0 Å². The van der Waals surface area contributed by atoms with Crippen molar-refractivity contribution in [1.29, 1.82) is 0 Å². The number of hydrogen-bond acceptors (Lipinski definition) is 4. The van der Waals surface area contributed by atoms with E-state index >= 15 is 0 Å². The second-order valence-electron chi connectivity index (χ2n) is 14.0. The van der Waals surface area contributed by atoms with Gasteiger partial charge in [0.05, 0.1) is 11.0 Å². The van der Waals surface area contributed by atoms with Crippen LogP contribution in [0.5, 0.6) is 0 Å². The van der Waals surface area contributed by atoms with Crippen molar-refractivity contribution in [2.45, 2.75) is 0 Å². The monoisotopic (exact) mass is 716 g/mol. The van der Waals surface area contributed by atoms with Gasteiger partial charge in [-0.15, -0.1) is 0 Å². The standard InChI is InChI=1S/C51H32N4O/c1-4-13-33(14-5-1)34-23-25-35(26-24-34)38-27-29-41-44-32-39(28-30-46(44)56-47(41)31-38)55-45-22-11-10-19-40(45)42-20-12-21-43(48(42)55)51-53-49(36-15-6-2-7-16-36)52-50(54-51)37-17-8-3-9-18-37/h1-32H. The van der Waals surface area contributed by atoms with Crippen LogP contribution in [0.25, 0.3) is 106 Å². The van der Waals surface area contributed by atoms with E-state index in [0.717, 1.165) is 77.2 Å². The highest BCUT2D eigenvalue weighted by Gasteiger charge is 2.21. The van der Waals surface area contributed by atoms with E-state index in [9.17, 15) is 0 Å². The van der Waals surface area contributed by atoms with Gasteiger partial charge in [-0.2, -0.15) is 0 Å². The van der Waals surface area contributed by atoms with Gasteiger partial charge in [0.25, 0.3) is 0 Å². The second-order valence-corrected chi connectivity index (χ2v) is 14.0. The molecule has 3 aromatic heterocycles. The molecule has 0 aliphatic heterocycles. The number of rotatable bonds is 6. The van der Waals surface area contributed by atoms with Crippen LogP contribution in [0.1, 0.15) is 0 Å². The van der Waals surface area contributed by atoms with E-state index in [1.54, 1.807) is 0 Å². The first-order valence-electron chi connectivity index (χ1n) is 18.8. The highest BCUT2D eigenvalue weighted by atomic mass is 16.3. The molecule has 0 spiro atoms. The summed E-state index contributed by atoms with van der Waals surface area (Å²) in [7, 11) is 0. The molecule has 0 atom stereocenters. The summed E-state index contributed by atoms with van der Waals surface area (Å²) in [6, 6.07) is 67.4. The minimum Gasteiger partial charge on any atom is -0.456 e. The van der Waals surface area contributed by atoms with E-state index in [1.807, 2.05) is 66.7 Å². The zero-order chi connectivity index (χ0) is 37.0.